The molecule has 2 saturated heterocycles. The highest BCUT2D eigenvalue weighted by Gasteiger charge is 2.54. The number of esters is 1. The van der Waals surface area contributed by atoms with Crippen molar-refractivity contribution in [1.82, 2.24) is 4.90 Å². The van der Waals surface area contributed by atoms with Crippen molar-refractivity contribution in [2.75, 3.05) is 19.7 Å². The van der Waals surface area contributed by atoms with Crippen molar-refractivity contribution < 1.29 is 19.1 Å². The topological polar surface area (TPSA) is 55.8 Å². The van der Waals surface area contributed by atoms with Gasteiger partial charge in [-0.25, -0.2) is 4.79 Å². The number of amides is 1. The Morgan fingerprint density at radius 3 is 3.00 bits per heavy atom. The normalized spacial score (nSPS) is 40.5. The van der Waals surface area contributed by atoms with Crippen molar-refractivity contribution in [2.45, 2.75) is 32.8 Å². The second-order valence-electron chi connectivity index (χ2n) is 6.73. The predicted molar refractivity (Wildman–Crippen MR) is 81.0 cm³/mol. The summed E-state index contributed by atoms with van der Waals surface area (Å²) in [5.41, 5.74) is 0. The lowest BCUT2D eigenvalue weighted by atomic mass is 9.59. The van der Waals surface area contributed by atoms with Crippen molar-refractivity contribution in [1.29, 1.82) is 0 Å². The lowest BCUT2D eigenvalue weighted by Crippen LogP contribution is -2.51. The molecule has 5 nitrogen and oxygen atoms in total. The molecular formula is C17H25NO4. The molecule has 3 fully saturated rings. The number of carbonyl (C=O) groups is 2. The van der Waals surface area contributed by atoms with Crippen molar-refractivity contribution in [3.63, 3.8) is 0 Å². The maximum atomic E-state index is 12.1. The fourth-order valence-corrected chi connectivity index (χ4v) is 4.80. The highest BCUT2D eigenvalue weighted by Crippen LogP contribution is 2.51. The van der Waals surface area contributed by atoms with Crippen LogP contribution in [-0.2, 0) is 14.3 Å². The van der Waals surface area contributed by atoms with Crippen molar-refractivity contribution >= 4 is 12.1 Å². The molecule has 1 saturated carbocycles. The zero-order chi connectivity index (χ0) is 15.9. The van der Waals surface area contributed by atoms with E-state index in [1.807, 2.05) is 19.9 Å². The van der Waals surface area contributed by atoms with Crippen LogP contribution in [0.3, 0.4) is 0 Å². The molecule has 22 heavy (non-hydrogen) atoms. The van der Waals surface area contributed by atoms with Gasteiger partial charge in [-0.05, 0) is 44.4 Å². The molecule has 0 radical (unpaired) electrons. The van der Waals surface area contributed by atoms with Gasteiger partial charge in [0.15, 0.2) is 0 Å². The van der Waals surface area contributed by atoms with Gasteiger partial charge in [-0.3, -0.25) is 4.79 Å². The van der Waals surface area contributed by atoms with Crippen LogP contribution in [0.2, 0.25) is 0 Å². The molecule has 3 rings (SSSR count). The van der Waals surface area contributed by atoms with Gasteiger partial charge in [-0.1, -0.05) is 6.08 Å². The monoisotopic (exact) mass is 307 g/mol. The van der Waals surface area contributed by atoms with Gasteiger partial charge in [0, 0.05) is 19.0 Å². The van der Waals surface area contributed by atoms with Crippen LogP contribution in [0.25, 0.3) is 0 Å². The molecule has 2 aliphatic heterocycles. The summed E-state index contributed by atoms with van der Waals surface area (Å²) >= 11 is 0. The molecule has 0 bridgehead atoms. The Morgan fingerprint density at radius 1 is 1.55 bits per heavy atom. The number of allylic oxidation sites excluding steroid dienone is 1. The van der Waals surface area contributed by atoms with Crippen LogP contribution in [0, 0.1) is 29.6 Å². The number of carbonyl (C=O) groups excluding carboxylic acids is 2. The van der Waals surface area contributed by atoms with Gasteiger partial charge in [-0.15, -0.1) is 6.58 Å². The summed E-state index contributed by atoms with van der Waals surface area (Å²) in [5, 5.41) is 0. The van der Waals surface area contributed by atoms with Crippen molar-refractivity contribution in [3.05, 3.63) is 12.7 Å². The summed E-state index contributed by atoms with van der Waals surface area (Å²) in [6.45, 7) is 9.62. The van der Waals surface area contributed by atoms with E-state index in [1.54, 1.807) is 4.90 Å². The van der Waals surface area contributed by atoms with Crippen LogP contribution in [0.5, 0.6) is 0 Å². The second kappa shape index (κ2) is 5.94. The van der Waals surface area contributed by atoms with Gasteiger partial charge < -0.3 is 14.4 Å². The maximum Gasteiger partial charge on any atom is 0.409 e. The number of hydrogen-bond acceptors (Lipinski definition) is 4. The molecule has 2 heterocycles. The minimum Gasteiger partial charge on any atom is -0.462 e. The third-order valence-electron chi connectivity index (χ3n) is 5.70. The summed E-state index contributed by atoms with van der Waals surface area (Å²) in [4.78, 5) is 25.9. The Hall–Kier alpha value is -1.52. The number of nitrogens with zero attached hydrogens (tertiary/aromatic N) is 1. The number of hydrogen-bond donors (Lipinski definition) is 0. The largest absolute Gasteiger partial charge is 0.462 e. The summed E-state index contributed by atoms with van der Waals surface area (Å²) < 4.78 is 10.6. The summed E-state index contributed by atoms with van der Waals surface area (Å²) in [5.74, 6) is 1.26. The first-order valence-electron chi connectivity index (χ1n) is 8.31. The maximum absolute atomic E-state index is 12.1. The van der Waals surface area contributed by atoms with Gasteiger partial charge in [-0.2, -0.15) is 0 Å². The minimum absolute atomic E-state index is 0.0236. The van der Waals surface area contributed by atoms with E-state index in [9.17, 15) is 9.59 Å². The Morgan fingerprint density at radius 2 is 2.32 bits per heavy atom. The zero-order valence-electron chi connectivity index (χ0n) is 13.4. The fourth-order valence-electron chi connectivity index (χ4n) is 4.80. The molecule has 0 N–H and O–H groups in total. The van der Waals surface area contributed by atoms with E-state index in [0.717, 1.165) is 19.4 Å². The van der Waals surface area contributed by atoms with Gasteiger partial charge in [0.25, 0.3) is 0 Å². The van der Waals surface area contributed by atoms with Crippen LogP contribution in [0.15, 0.2) is 12.7 Å². The van der Waals surface area contributed by atoms with Crippen LogP contribution in [0.1, 0.15) is 26.7 Å². The number of likely N-dealkylation sites (tertiary alicyclic amines) is 1. The van der Waals surface area contributed by atoms with E-state index in [0.29, 0.717) is 30.9 Å². The lowest BCUT2D eigenvalue weighted by molar-refractivity contribution is -0.144. The summed E-state index contributed by atoms with van der Waals surface area (Å²) in [6, 6.07) is 0. The molecule has 5 heteroatoms. The summed E-state index contributed by atoms with van der Waals surface area (Å²) in [7, 11) is 0. The van der Waals surface area contributed by atoms with Crippen LogP contribution < -0.4 is 0 Å². The molecule has 1 aliphatic carbocycles. The Kier molecular flexibility index (Phi) is 4.15. The fraction of sp³-hybridized carbons (Fsp3) is 0.765. The molecule has 0 aromatic carbocycles. The highest BCUT2D eigenvalue weighted by molar-refractivity contribution is 5.75. The van der Waals surface area contributed by atoms with E-state index >= 15 is 0 Å². The Labute approximate surface area is 131 Å². The van der Waals surface area contributed by atoms with Gasteiger partial charge in [0.05, 0.1) is 12.5 Å². The molecule has 0 aromatic heterocycles. The van der Waals surface area contributed by atoms with E-state index in [2.05, 4.69) is 6.58 Å². The third-order valence-corrected chi connectivity index (χ3v) is 5.70. The first kappa shape index (κ1) is 15.4. The van der Waals surface area contributed by atoms with Gasteiger partial charge >= 0.3 is 12.1 Å². The van der Waals surface area contributed by atoms with Crippen LogP contribution in [0.4, 0.5) is 4.79 Å². The van der Waals surface area contributed by atoms with E-state index < -0.39 is 0 Å². The third kappa shape index (κ3) is 2.40. The number of fused-ring (bicyclic) bond motifs is 2. The molecule has 3 aliphatic rings. The molecule has 1 unspecified atom stereocenters. The quantitative estimate of drug-likeness (QED) is 0.581. The second-order valence-corrected chi connectivity index (χ2v) is 6.73. The van der Waals surface area contributed by atoms with Gasteiger partial charge in [0.1, 0.15) is 6.10 Å². The van der Waals surface area contributed by atoms with Crippen molar-refractivity contribution in [2.24, 2.45) is 29.6 Å². The molecule has 6 atom stereocenters. The number of ether oxygens (including phenoxy) is 2. The predicted octanol–water partition coefficient (Wildman–Crippen LogP) is 2.46. The standard InChI is InChI=1S/C17H25NO4/c1-4-12-13-6-7-18(17(20)21-5-2)9-11(13)8-14-15(12)10(3)22-16(14)19/h4,10-15H,1,5-9H2,2-3H3/t10-,11-,12+,13?,14-,15+/m1/s1. The minimum atomic E-state index is -0.236. The van der Waals surface area contributed by atoms with Crippen molar-refractivity contribution in [3.8, 4) is 0 Å². The molecule has 0 spiro atoms. The number of piperidine rings is 1. The van der Waals surface area contributed by atoms with E-state index in [1.165, 1.54) is 0 Å². The highest BCUT2D eigenvalue weighted by atomic mass is 16.6. The molecule has 122 valence electrons. The van der Waals surface area contributed by atoms with E-state index in [4.69, 9.17) is 9.47 Å². The zero-order valence-corrected chi connectivity index (χ0v) is 13.4. The number of cyclic esters (lactones) is 1. The average molecular weight is 307 g/mol. The van der Waals surface area contributed by atoms with Crippen LogP contribution >= 0.6 is 0 Å². The van der Waals surface area contributed by atoms with Gasteiger partial charge in [0.2, 0.25) is 0 Å². The number of rotatable bonds is 2. The van der Waals surface area contributed by atoms with E-state index in [-0.39, 0.29) is 30.0 Å². The average Bonchev–Trinajstić information content (AvgIpc) is 2.79. The SMILES string of the molecule is C=C[C@H]1C2CCN(C(=O)OCC)C[C@H]2C[C@H]2C(=O)O[C@H](C)[C@H]21. The first-order chi connectivity index (χ1) is 10.6. The van der Waals surface area contributed by atoms with Crippen LogP contribution in [-0.4, -0.2) is 42.8 Å². The molecule has 0 aromatic rings. The summed E-state index contributed by atoms with van der Waals surface area (Å²) in [6.07, 6.45) is 3.51. The molecule has 1 amide bonds. The lowest BCUT2D eigenvalue weighted by Gasteiger charge is -2.48. The Bertz CT molecular complexity index is 477. The first-order valence-corrected chi connectivity index (χ1v) is 8.31. The smallest absolute Gasteiger partial charge is 0.409 e. The Balaban J connectivity index is 1.77. The molecular weight excluding hydrogens is 282 g/mol.